The number of nitrogens with zero attached hydrogens (tertiary/aromatic N) is 1. The van der Waals surface area contributed by atoms with E-state index in [1.807, 2.05) is 30.3 Å². The third-order valence-corrected chi connectivity index (χ3v) is 3.88. The number of hydrogen-bond acceptors (Lipinski definition) is 2. The van der Waals surface area contributed by atoms with Gasteiger partial charge in [0.2, 0.25) is 0 Å². The van der Waals surface area contributed by atoms with E-state index in [1.165, 1.54) is 0 Å². The third kappa shape index (κ3) is 5.57. The van der Waals surface area contributed by atoms with Crippen LogP contribution < -0.4 is 10.6 Å². The van der Waals surface area contributed by atoms with E-state index in [0.717, 1.165) is 11.3 Å². The summed E-state index contributed by atoms with van der Waals surface area (Å²) in [5, 5.41) is 16.7. The first-order chi connectivity index (χ1) is 11.1. The Hall–Kier alpha value is -2.06. The lowest BCUT2D eigenvalue weighted by Crippen LogP contribution is -2.29. The van der Waals surface area contributed by atoms with Crippen molar-refractivity contribution >= 4 is 52.3 Å². The van der Waals surface area contributed by atoms with Crippen LogP contribution in [0.5, 0.6) is 0 Å². The van der Waals surface area contributed by atoms with Gasteiger partial charge >= 0.3 is 0 Å². The number of anilines is 1. The largest absolute Gasteiger partial charge is 0.358 e. The lowest BCUT2D eigenvalue weighted by atomic mass is 10.1. The van der Waals surface area contributed by atoms with Crippen LogP contribution in [0, 0.1) is 11.3 Å². The van der Waals surface area contributed by atoms with Gasteiger partial charge in [0.1, 0.15) is 0 Å². The smallest absolute Gasteiger partial charge is 0.171 e. The molecule has 0 saturated carbocycles. The molecule has 0 heterocycles. The van der Waals surface area contributed by atoms with Crippen LogP contribution in [0.1, 0.15) is 5.56 Å². The predicted octanol–water partition coefficient (Wildman–Crippen LogP) is 4.89. The number of para-hydroxylation sites is 1. The fourth-order valence-corrected chi connectivity index (χ4v) is 2.30. The van der Waals surface area contributed by atoms with E-state index in [0.29, 0.717) is 27.3 Å². The fourth-order valence-electron chi connectivity index (χ4n) is 1.80. The van der Waals surface area contributed by atoms with Crippen LogP contribution in [0.15, 0.2) is 54.1 Å². The first-order valence-corrected chi connectivity index (χ1v) is 7.90. The highest BCUT2D eigenvalue weighted by Gasteiger charge is 2.02. The van der Waals surface area contributed by atoms with E-state index >= 15 is 0 Å². The van der Waals surface area contributed by atoms with Gasteiger partial charge in [-0.15, -0.1) is 0 Å². The van der Waals surface area contributed by atoms with Gasteiger partial charge in [-0.3, -0.25) is 0 Å². The monoisotopic (exact) mass is 361 g/mol. The van der Waals surface area contributed by atoms with Crippen molar-refractivity contribution in [1.82, 2.24) is 5.32 Å². The maximum atomic E-state index is 9.23. The first-order valence-electron chi connectivity index (χ1n) is 6.74. The van der Waals surface area contributed by atoms with E-state index < -0.39 is 0 Å². The van der Waals surface area contributed by atoms with Gasteiger partial charge in [-0.25, -0.2) is 0 Å². The molecule has 2 rings (SSSR count). The average Bonchev–Trinajstić information content (AvgIpc) is 2.55. The van der Waals surface area contributed by atoms with Gasteiger partial charge in [0.05, 0.1) is 22.7 Å². The van der Waals surface area contributed by atoms with Gasteiger partial charge < -0.3 is 10.6 Å². The number of rotatable bonds is 4. The number of thiocarbonyl (C=S) groups is 1. The maximum Gasteiger partial charge on any atom is 0.171 e. The molecule has 116 valence electrons. The second-order valence-electron chi connectivity index (χ2n) is 4.63. The van der Waals surface area contributed by atoms with Crippen molar-refractivity contribution in [3.63, 3.8) is 0 Å². The Kier molecular flexibility index (Phi) is 6.42. The standard InChI is InChI=1S/C17H13Cl2N3S/c18-15-7-6-12(9-16(15)19)8-13(10-20)11-21-17(23)22-14-4-2-1-3-5-14/h1-9H,11H2,(H2,21,22,23)/b13-8-. The van der Waals surface area contributed by atoms with Gasteiger partial charge in [0.25, 0.3) is 0 Å². The molecule has 2 N–H and O–H groups in total. The Morgan fingerprint density at radius 2 is 1.87 bits per heavy atom. The summed E-state index contributed by atoms with van der Waals surface area (Å²) in [4.78, 5) is 0. The summed E-state index contributed by atoms with van der Waals surface area (Å²) < 4.78 is 0. The SMILES string of the molecule is N#C/C(=C/c1ccc(Cl)c(Cl)c1)CNC(=S)Nc1ccccc1. The van der Waals surface area contributed by atoms with Gasteiger partial charge in [-0.2, -0.15) is 5.26 Å². The minimum Gasteiger partial charge on any atom is -0.358 e. The first kappa shape index (κ1) is 17.3. The van der Waals surface area contributed by atoms with Crippen molar-refractivity contribution in [2.75, 3.05) is 11.9 Å². The number of hydrogen-bond donors (Lipinski definition) is 2. The molecule has 0 radical (unpaired) electrons. The molecule has 2 aromatic rings. The summed E-state index contributed by atoms with van der Waals surface area (Å²) in [5.41, 5.74) is 2.22. The molecule has 0 atom stereocenters. The van der Waals surface area contributed by atoms with Gasteiger partial charge in [-0.1, -0.05) is 47.5 Å². The van der Waals surface area contributed by atoms with Crippen LogP contribution in [0.3, 0.4) is 0 Å². The van der Waals surface area contributed by atoms with Crippen LogP contribution in [-0.2, 0) is 0 Å². The summed E-state index contributed by atoms with van der Waals surface area (Å²) in [5.74, 6) is 0. The van der Waals surface area contributed by atoms with Crippen LogP contribution in [0.25, 0.3) is 6.08 Å². The van der Waals surface area contributed by atoms with E-state index in [-0.39, 0.29) is 0 Å². The highest BCUT2D eigenvalue weighted by Crippen LogP contribution is 2.23. The lowest BCUT2D eigenvalue weighted by Gasteiger charge is -2.10. The third-order valence-electron chi connectivity index (χ3n) is 2.90. The second-order valence-corrected chi connectivity index (χ2v) is 5.85. The van der Waals surface area contributed by atoms with Crippen LogP contribution in [0.4, 0.5) is 5.69 Å². The second kappa shape index (κ2) is 8.54. The molecule has 2 aromatic carbocycles. The van der Waals surface area contributed by atoms with Crippen molar-refractivity contribution in [2.45, 2.75) is 0 Å². The van der Waals surface area contributed by atoms with Crippen molar-refractivity contribution < 1.29 is 0 Å². The number of halogens is 2. The molecule has 0 unspecified atom stereocenters. The molecule has 6 heteroatoms. The molecule has 0 saturated heterocycles. The highest BCUT2D eigenvalue weighted by atomic mass is 35.5. The molecular weight excluding hydrogens is 349 g/mol. The van der Waals surface area contributed by atoms with Gasteiger partial charge in [-0.05, 0) is 48.1 Å². The van der Waals surface area contributed by atoms with Crippen molar-refractivity contribution in [3.05, 3.63) is 69.7 Å². The molecule has 0 spiro atoms. The van der Waals surface area contributed by atoms with Crippen molar-refractivity contribution in [1.29, 1.82) is 5.26 Å². The molecule has 0 aliphatic carbocycles. The van der Waals surface area contributed by atoms with E-state index in [4.69, 9.17) is 35.4 Å². The number of nitriles is 1. The zero-order valence-electron chi connectivity index (χ0n) is 12.0. The van der Waals surface area contributed by atoms with Crippen molar-refractivity contribution in [3.8, 4) is 6.07 Å². The number of benzene rings is 2. The normalized spacial score (nSPS) is 10.7. The van der Waals surface area contributed by atoms with Crippen LogP contribution >= 0.6 is 35.4 Å². The van der Waals surface area contributed by atoms with Gasteiger partial charge in [0.15, 0.2) is 5.11 Å². The molecule has 23 heavy (non-hydrogen) atoms. The minimum atomic E-state index is 0.315. The number of nitrogens with one attached hydrogen (secondary N) is 2. The fraction of sp³-hybridized carbons (Fsp3) is 0.0588. The molecule has 0 aliphatic heterocycles. The molecule has 3 nitrogen and oxygen atoms in total. The van der Waals surface area contributed by atoms with E-state index in [9.17, 15) is 5.26 Å². The quantitative estimate of drug-likeness (QED) is 0.601. The Bertz CT molecular complexity index is 767. The summed E-state index contributed by atoms with van der Waals surface area (Å²) in [7, 11) is 0. The van der Waals surface area contributed by atoms with Crippen molar-refractivity contribution in [2.24, 2.45) is 0 Å². The maximum absolute atomic E-state index is 9.23. The predicted molar refractivity (Wildman–Crippen MR) is 101 cm³/mol. The van der Waals surface area contributed by atoms with E-state index in [2.05, 4.69) is 16.7 Å². The molecule has 0 aliphatic rings. The minimum absolute atomic E-state index is 0.315. The van der Waals surface area contributed by atoms with Gasteiger partial charge in [0, 0.05) is 11.3 Å². The zero-order valence-corrected chi connectivity index (χ0v) is 14.3. The lowest BCUT2D eigenvalue weighted by molar-refractivity contribution is 1.03. The Morgan fingerprint density at radius 3 is 2.52 bits per heavy atom. The average molecular weight is 362 g/mol. The topological polar surface area (TPSA) is 47.9 Å². The Morgan fingerprint density at radius 1 is 1.13 bits per heavy atom. The Labute approximate surface area is 150 Å². The summed E-state index contributed by atoms with van der Waals surface area (Å²) >= 11 is 17.1. The molecule has 0 aromatic heterocycles. The molecule has 0 fully saturated rings. The van der Waals surface area contributed by atoms with E-state index in [1.54, 1.807) is 24.3 Å². The zero-order chi connectivity index (χ0) is 16.7. The molecular formula is C17H13Cl2N3S. The molecule has 0 bridgehead atoms. The molecule has 0 amide bonds. The summed E-state index contributed by atoms with van der Waals surface area (Å²) in [6.07, 6.45) is 1.74. The summed E-state index contributed by atoms with van der Waals surface area (Å²) in [6, 6.07) is 16.9. The highest BCUT2D eigenvalue weighted by molar-refractivity contribution is 7.80. The Balaban J connectivity index is 1.97. The van der Waals surface area contributed by atoms with Crippen LogP contribution in [0.2, 0.25) is 10.0 Å². The van der Waals surface area contributed by atoms with Crippen LogP contribution in [-0.4, -0.2) is 11.7 Å². The summed E-state index contributed by atoms with van der Waals surface area (Å²) in [6.45, 7) is 0.315.